The first-order chi connectivity index (χ1) is 9.10. The second kappa shape index (κ2) is 5.09. The Morgan fingerprint density at radius 3 is 2.05 bits per heavy atom. The summed E-state index contributed by atoms with van der Waals surface area (Å²) in [6.07, 6.45) is 0. The minimum absolute atomic E-state index is 0.368. The number of hydrogen-bond acceptors (Lipinski definition) is 5. The fourth-order valence-corrected chi connectivity index (χ4v) is 2.90. The molecule has 0 saturated heterocycles. The van der Waals surface area contributed by atoms with E-state index in [9.17, 15) is 10.5 Å². The van der Waals surface area contributed by atoms with Crippen LogP contribution in [-0.4, -0.2) is 0 Å². The van der Waals surface area contributed by atoms with Crippen molar-refractivity contribution < 1.29 is 0 Å². The predicted octanol–water partition coefficient (Wildman–Crippen LogP) is 2.21. The highest BCUT2D eigenvalue weighted by molar-refractivity contribution is 8.06. The Balaban J connectivity index is 2.69. The number of aryl methyl sites for hydroxylation is 1. The van der Waals surface area contributed by atoms with Crippen molar-refractivity contribution in [3.8, 4) is 12.1 Å². The van der Waals surface area contributed by atoms with E-state index in [1.165, 1.54) is 0 Å². The largest absolute Gasteiger partial charge is 0.392 e. The highest BCUT2D eigenvalue weighted by atomic mass is 32.2. The molecule has 1 aliphatic rings. The standard InChI is InChI=1S/C14H12N4S/c1-8-4-2-3-5-9(8)12-10(6-15)13(17)19-14(18)11(12)7-16/h2-5,12H,17-18H2,1H3. The van der Waals surface area contributed by atoms with Crippen molar-refractivity contribution in [3.63, 3.8) is 0 Å². The van der Waals surface area contributed by atoms with Gasteiger partial charge in [0.05, 0.1) is 39.3 Å². The van der Waals surface area contributed by atoms with Crippen molar-refractivity contribution in [1.29, 1.82) is 10.5 Å². The highest BCUT2D eigenvalue weighted by Gasteiger charge is 2.31. The van der Waals surface area contributed by atoms with Crippen molar-refractivity contribution in [1.82, 2.24) is 0 Å². The fourth-order valence-electron chi connectivity index (χ4n) is 2.12. The van der Waals surface area contributed by atoms with Gasteiger partial charge < -0.3 is 11.5 Å². The lowest BCUT2D eigenvalue weighted by Crippen LogP contribution is -2.18. The average molecular weight is 268 g/mol. The van der Waals surface area contributed by atoms with Crippen molar-refractivity contribution in [2.45, 2.75) is 12.8 Å². The number of hydrogen-bond donors (Lipinski definition) is 2. The van der Waals surface area contributed by atoms with Gasteiger partial charge in [-0.1, -0.05) is 36.0 Å². The van der Waals surface area contributed by atoms with Crippen LogP contribution in [0.4, 0.5) is 0 Å². The minimum Gasteiger partial charge on any atom is -0.392 e. The van der Waals surface area contributed by atoms with Crippen LogP contribution >= 0.6 is 11.8 Å². The molecule has 0 unspecified atom stereocenters. The molecule has 0 spiro atoms. The van der Waals surface area contributed by atoms with E-state index in [1.54, 1.807) is 0 Å². The van der Waals surface area contributed by atoms with Crippen LogP contribution in [0.25, 0.3) is 0 Å². The second-order valence-corrected chi connectivity index (χ2v) is 5.25. The van der Waals surface area contributed by atoms with Crippen LogP contribution in [0.5, 0.6) is 0 Å². The minimum atomic E-state index is -0.461. The Morgan fingerprint density at radius 1 is 1.05 bits per heavy atom. The molecule has 0 radical (unpaired) electrons. The Morgan fingerprint density at radius 2 is 1.58 bits per heavy atom. The SMILES string of the molecule is Cc1ccccc1C1C(C#N)=C(N)SC(N)=C1C#N. The number of thioether (sulfide) groups is 1. The first-order valence-electron chi connectivity index (χ1n) is 5.63. The van der Waals surface area contributed by atoms with Crippen LogP contribution in [0.3, 0.4) is 0 Å². The van der Waals surface area contributed by atoms with Crippen LogP contribution in [0.15, 0.2) is 45.5 Å². The third-order valence-corrected chi connectivity index (χ3v) is 3.95. The quantitative estimate of drug-likeness (QED) is 0.813. The van der Waals surface area contributed by atoms with E-state index in [1.807, 2.05) is 31.2 Å². The lowest BCUT2D eigenvalue weighted by Gasteiger charge is -2.24. The lowest BCUT2D eigenvalue weighted by atomic mass is 9.83. The monoisotopic (exact) mass is 268 g/mol. The molecule has 0 atom stereocenters. The van der Waals surface area contributed by atoms with Crippen molar-refractivity contribution in [3.05, 3.63) is 56.6 Å². The van der Waals surface area contributed by atoms with E-state index in [4.69, 9.17) is 11.5 Å². The molecule has 1 aliphatic heterocycles. The van der Waals surface area contributed by atoms with Crippen molar-refractivity contribution in [2.24, 2.45) is 11.5 Å². The van der Waals surface area contributed by atoms with Crippen LogP contribution in [0.2, 0.25) is 0 Å². The third-order valence-electron chi connectivity index (χ3n) is 3.07. The predicted molar refractivity (Wildman–Crippen MR) is 75.2 cm³/mol. The van der Waals surface area contributed by atoms with Gasteiger partial charge in [-0.15, -0.1) is 0 Å². The van der Waals surface area contributed by atoms with Gasteiger partial charge in [0.1, 0.15) is 0 Å². The maximum absolute atomic E-state index is 9.31. The Kier molecular flexibility index (Phi) is 3.50. The van der Waals surface area contributed by atoms with Gasteiger partial charge in [-0.05, 0) is 18.1 Å². The number of nitrogens with two attached hydrogens (primary N) is 2. The average Bonchev–Trinajstić information content (AvgIpc) is 2.38. The van der Waals surface area contributed by atoms with Crippen molar-refractivity contribution in [2.75, 3.05) is 0 Å². The van der Waals surface area contributed by atoms with Gasteiger partial charge in [0.25, 0.3) is 0 Å². The maximum Gasteiger partial charge on any atom is 0.0985 e. The van der Waals surface area contributed by atoms with E-state index < -0.39 is 5.92 Å². The molecule has 0 aromatic heterocycles. The molecular weight excluding hydrogens is 256 g/mol. The number of allylic oxidation sites excluding steroid dienone is 2. The molecule has 19 heavy (non-hydrogen) atoms. The van der Waals surface area contributed by atoms with E-state index in [0.717, 1.165) is 22.9 Å². The van der Waals surface area contributed by atoms with Crippen LogP contribution in [-0.2, 0) is 0 Å². The van der Waals surface area contributed by atoms with Gasteiger partial charge >= 0.3 is 0 Å². The molecule has 0 amide bonds. The van der Waals surface area contributed by atoms with Gasteiger partial charge in [-0.25, -0.2) is 0 Å². The Labute approximate surface area is 116 Å². The van der Waals surface area contributed by atoms with Crippen LogP contribution in [0.1, 0.15) is 17.0 Å². The molecule has 94 valence electrons. The first kappa shape index (κ1) is 13.1. The zero-order valence-corrected chi connectivity index (χ0v) is 11.2. The van der Waals surface area contributed by atoms with Gasteiger partial charge in [0.15, 0.2) is 0 Å². The van der Waals surface area contributed by atoms with Gasteiger partial charge in [0.2, 0.25) is 0 Å². The number of nitriles is 2. The van der Waals surface area contributed by atoms with E-state index in [-0.39, 0.29) is 0 Å². The summed E-state index contributed by atoms with van der Waals surface area (Å²) in [5.41, 5.74) is 14.4. The number of benzene rings is 1. The zero-order chi connectivity index (χ0) is 14.0. The molecule has 5 heteroatoms. The molecule has 1 aromatic rings. The van der Waals surface area contributed by atoms with Crippen LogP contribution < -0.4 is 11.5 Å². The molecule has 4 N–H and O–H groups in total. The van der Waals surface area contributed by atoms with Gasteiger partial charge in [-0.3, -0.25) is 0 Å². The van der Waals surface area contributed by atoms with E-state index >= 15 is 0 Å². The summed E-state index contributed by atoms with van der Waals surface area (Å²) in [6, 6.07) is 11.8. The summed E-state index contributed by atoms with van der Waals surface area (Å²) in [7, 11) is 0. The molecule has 0 bridgehead atoms. The topological polar surface area (TPSA) is 99.6 Å². The summed E-state index contributed by atoms with van der Waals surface area (Å²) in [5.74, 6) is -0.461. The molecule has 0 fully saturated rings. The van der Waals surface area contributed by atoms with Crippen LogP contribution in [0, 0.1) is 29.6 Å². The second-order valence-electron chi connectivity index (χ2n) is 4.17. The summed E-state index contributed by atoms with van der Waals surface area (Å²) < 4.78 is 0. The molecule has 1 aromatic carbocycles. The maximum atomic E-state index is 9.31. The number of rotatable bonds is 1. The normalized spacial score (nSPS) is 16.2. The van der Waals surface area contributed by atoms with Gasteiger partial charge in [-0.2, -0.15) is 10.5 Å². The molecule has 4 nitrogen and oxygen atoms in total. The molecule has 2 rings (SSSR count). The molecule has 0 saturated carbocycles. The highest BCUT2D eigenvalue weighted by Crippen LogP contribution is 2.43. The van der Waals surface area contributed by atoms with Crippen molar-refractivity contribution >= 4 is 11.8 Å². The van der Waals surface area contributed by atoms with Gasteiger partial charge in [0, 0.05) is 0 Å². The Bertz CT molecular complexity index is 637. The molecule has 0 aliphatic carbocycles. The van der Waals surface area contributed by atoms with E-state index in [0.29, 0.717) is 21.2 Å². The summed E-state index contributed by atoms with van der Waals surface area (Å²) >= 11 is 1.08. The zero-order valence-electron chi connectivity index (χ0n) is 10.3. The fraction of sp³-hybridized carbons (Fsp3) is 0.143. The summed E-state index contributed by atoms with van der Waals surface area (Å²) in [5, 5.41) is 19.4. The third kappa shape index (κ3) is 2.16. The number of nitrogens with zero attached hydrogens (tertiary/aromatic N) is 2. The summed E-state index contributed by atoms with van der Waals surface area (Å²) in [6.45, 7) is 1.94. The lowest BCUT2D eigenvalue weighted by molar-refractivity contribution is 0.945. The first-order valence-corrected chi connectivity index (χ1v) is 6.44. The van der Waals surface area contributed by atoms with E-state index in [2.05, 4.69) is 12.1 Å². The molecular formula is C14H12N4S. The Hall–Kier alpha value is -2.37. The summed E-state index contributed by atoms with van der Waals surface area (Å²) in [4.78, 5) is 0. The smallest absolute Gasteiger partial charge is 0.0985 e. The molecule has 1 heterocycles.